The van der Waals surface area contributed by atoms with Crippen molar-refractivity contribution in [2.45, 2.75) is 0 Å². The van der Waals surface area contributed by atoms with Crippen LogP contribution < -0.4 is 16.2 Å². The number of hydrogen-bond donors (Lipinski definition) is 3. The first-order chi connectivity index (χ1) is 14.8. The van der Waals surface area contributed by atoms with Gasteiger partial charge in [0, 0.05) is 17.8 Å². The minimum absolute atomic E-state index is 0.107. The number of nitro groups is 2. The average Bonchev–Trinajstić information content (AvgIpc) is 2.73. The zero-order valence-corrected chi connectivity index (χ0v) is 16.6. The number of benzene rings is 1. The normalized spacial score (nSPS) is 10.3. The summed E-state index contributed by atoms with van der Waals surface area (Å²) in [6.07, 6.45) is 2.36. The Labute approximate surface area is 182 Å². The largest absolute Gasteiger partial charge is 0.355 e. The number of pyridine rings is 1. The molecule has 13 nitrogen and oxygen atoms in total. The fourth-order valence-electron chi connectivity index (χ4n) is 2.29. The molecule has 3 aromatic rings. The van der Waals surface area contributed by atoms with E-state index in [-0.39, 0.29) is 28.0 Å². The number of nitrogens with one attached hydrogen (secondary N) is 3. The van der Waals surface area contributed by atoms with Crippen LogP contribution in [0, 0.1) is 20.2 Å². The molecule has 0 bridgehead atoms. The van der Waals surface area contributed by atoms with Crippen LogP contribution in [0.1, 0.15) is 10.4 Å². The lowest BCUT2D eigenvalue weighted by molar-refractivity contribution is -0.384. The molecule has 0 saturated heterocycles. The lowest BCUT2D eigenvalue weighted by atomic mass is 10.2. The second kappa shape index (κ2) is 9.15. The summed E-state index contributed by atoms with van der Waals surface area (Å²) in [5.74, 6) is -1.13. The van der Waals surface area contributed by atoms with Gasteiger partial charge in [-0.1, -0.05) is 23.2 Å². The van der Waals surface area contributed by atoms with Crippen molar-refractivity contribution in [3.63, 3.8) is 0 Å². The van der Waals surface area contributed by atoms with E-state index in [1.807, 2.05) is 0 Å². The first kappa shape index (κ1) is 21.6. The summed E-state index contributed by atoms with van der Waals surface area (Å²) in [7, 11) is 0. The molecule has 3 N–H and O–H groups in total. The summed E-state index contributed by atoms with van der Waals surface area (Å²) in [5.41, 5.74) is 3.34. The molecule has 2 heterocycles. The Morgan fingerprint density at radius 1 is 0.968 bits per heavy atom. The third kappa shape index (κ3) is 5.09. The van der Waals surface area contributed by atoms with Gasteiger partial charge in [0.15, 0.2) is 0 Å². The molecule has 0 atom stereocenters. The Morgan fingerprint density at radius 3 is 2.35 bits per heavy atom. The van der Waals surface area contributed by atoms with Gasteiger partial charge >= 0.3 is 5.69 Å². The lowest BCUT2D eigenvalue weighted by Gasteiger charge is -2.10. The summed E-state index contributed by atoms with van der Waals surface area (Å²) in [5, 5.41) is 25.4. The van der Waals surface area contributed by atoms with Crippen LogP contribution in [0.2, 0.25) is 10.0 Å². The highest BCUT2D eigenvalue weighted by Gasteiger charge is 2.24. The average molecular weight is 465 g/mol. The highest BCUT2D eigenvalue weighted by Crippen LogP contribution is 2.30. The summed E-state index contributed by atoms with van der Waals surface area (Å²) in [6, 6.07) is 6.40. The molecular weight excluding hydrogens is 455 g/mol. The molecule has 1 aromatic carbocycles. The van der Waals surface area contributed by atoms with E-state index >= 15 is 0 Å². The quantitative estimate of drug-likeness (QED) is 0.345. The molecule has 0 unspecified atom stereocenters. The Bertz CT molecular complexity index is 1180. The van der Waals surface area contributed by atoms with E-state index < -0.39 is 27.1 Å². The number of hydrazine groups is 1. The van der Waals surface area contributed by atoms with E-state index in [1.165, 1.54) is 30.5 Å². The molecular formula is C16H10Cl2N8O5. The fourth-order valence-corrected chi connectivity index (χ4v) is 2.59. The van der Waals surface area contributed by atoms with Crippen molar-refractivity contribution in [1.82, 2.24) is 20.4 Å². The monoisotopic (exact) mass is 464 g/mol. The van der Waals surface area contributed by atoms with Crippen LogP contribution in [0.15, 0.2) is 42.9 Å². The Balaban J connectivity index is 1.82. The van der Waals surface area contributed by atoms with E-state index in [0.29, 0.717) is 5.02 Å². The maximum Gasteiger partial charge on any atom is 0.355 e. The first-order valence-corrected chi connectivity index (χ1v) is 8.90. The molecule has 0 spiro atoms. The van der Waals surface area contributed by atoms with Crippen LogP contribution in [0.5, 0.6) is 0 Å². The molecule has 1 amide bonds. The molecule has 2 aromatic heterocycles. The molecule has 15 heteroatoms. The third-order valence-electron chi connectivity index (χ3n) is 3.68. The van der Waals surface area contributed by atoms with Crippen molar-refractivity contribution < 1.29 is 14.6 Å². The van der Waals surface area contributed by atoms with Crippen molar-refractivity contribution in [2.75, 3.05) is 10.7 Å². The van der Waals surface area contributed by atoms with E-state index in [9.17, 15) is 25.0 Å². The van der Waals surface area contributed by atoms with Gasteiger partial charge in [-0.05, 0) is 24.3 Å². The fraction of sp³-hybridized carbons (Fsp3) is 0. The van der Waals surface area contributed by atoms with Crippen molar-refractivity contribution in [2.24, 2.45) is 0 Å². The minimum atomic E-state index is -0.818. The number of nitro benzene ring substituents is 1. The summed E-state index contributed by atoms with van der Waals surface area (Å²) in [6.45, 7) is 0. The van der Waals surface area contributed by atoms with Crippen LogP contribution in [0.4, 0.5) is 28.8 Å². The molecule has 0 saturated carbocycles. The Hall–Kier alpha value is -4.10. The SMILES string of the molecule is O=C(NNc1ncnc(Nc2ccc(Cl)cn2)c1[N+](=O)[O-])c1ccc(Cl)c([N+](=O)[O-])c1. The van der Waals surface area contributed by atoms with Crippen LogP contribution in [-0.2, 0) is 0 Å². The van der Waals surface area contributed by atoms with Crippen LogP contribution in [0.3, 0.4) is 0 Å². The second-order valence-corrected chi connectivity index (χ2v) is 6.51. The number of amides is 1. The van der Waals surface area contributed by atoms with Crippen molar-refractivity contribution in [3.05, 3.63) is 78.7 Å². The van der Waals surface area contributed by atoms with Gasteiger partial charge in [0.2, 0.25) is 11.6 Å². The van der Waals surface area contributed by atoms with E-state index in [1.54, 1.807) is 0 Å². The highest BCUT2D eigenvalue weighted by atomic mass is 35.5. The number of aromatic nitrogens is 3. The van der Waals surface area contributed by atoms with Gasteiger partial charge < -0.3 is 5.32 Å². The third-order valence-corrected chi connectivity index (χ3v) is 4.22. The summed E-state index contributed by atoms with van der Waals surface area (Å²) >= 11 is 11.5. The maximum absolute atomic E-state index is 12.3. The van der Waals surface area contributed by atoms with Crippen LogP contribution in [0.25, 0.3) is 0 Å². The number of anilines is 3. The van der Waals surface area contributed by atoms with Gasteiger partial charge in [-0.15, -0.1) is 0 Å². The van der Waals surface area contributed by atoms with Crippen molar-refractivity contribution in [1.29, 1.82) is 0 Å². The Kier molecular flexibility index (Phi) is 6.37. The predicted molar refractivity (Wildman–Crippen MR) is 110 cm³/mol. The maximum atomic E-state index is 12.3. The second-order valence-electron chi connectivity index (χ2n) is 5.67. The standard InChI is InChI=1S/C16H10Cl2N8O5/c17-9-2-4-12(19-6-9)22-14-13(26(30)31)15(21-7-20-14)23-24-16(27)8-1-3-10(18)11(5-8)25(28)29/h1-7H,(H,24,27)(H2,19,20,21,22,23). The molecule has 158 valence electrons. The molecule has 0 aliphatic heterocycles. The van der Waals surface area contributed by atoms with E-state index in [4.69, 9.17) is 23.2 Å². The van der Waals surface area contributed by atoms with Gasteiger partial charge in [0.25, 0.3) is 11.6 Å². The lowest BCUT2D eigenvalue weighted by Crippen LogP contribution is -2.30. The zero-order chi connectivity index (χ0) is 22.5. The first-order valence-electron chi connectivity index (χ1n) is 8.14. The molecule has 3 rings (SSSR count). The van der Waals surface area contributed by atoms with Gasteiger partial charge in [0.05, 0.1) is 14.9 Å². The van der Waals surface area contributed by atoms with Gasteiger partial charge in [-0.3, -0.25) is 35.9 Å². The van der Waals surface area contributed by atoms with E-state index in [2.05, 4.69) is 31.1 Å². The highest BCUT2D eigenvalue weighted by molar-refractivity contribution is 6.32. The van der Waals surface area contributed by atoms with Gasteiger partial charge in [0.1, 0.15) is 17.2 Å². The number of halogens is 2. The van der Waals surface area contributed by atoms with Crippen LogP contribution in [-0.4, -0.2) is 30.7 Å². The number of hydrogen-bond acceptors (Lipinski definition) is 10. The summed E-state index contributed by atoms with van der Waals surface area (Å²) < 4.78 is 0. The smallest absolute Gasteiger partial charge is 0.319 e. The molecule has 0 aliphatic carbocycles. The van der Waals surface area contributed by atoms with E-state index in [0.717, 1.165) is 12.4 Å². The summed E-state index contributed by atoms with van der Waals surface area (Å²) in [4.78, 5) is 44.9. The van der Waals surface area contributed by atoms with Crippen molar-refractivity contribution >= 4 is 57.9 Å². The molecule has 0 radical (unpaired) electrons. The Morgan fingerprint density at radius 2 is 1.71 bits per heavy atom. The van der Waals surface area contributed by atoms with Crippen LogP contribution >= 0.6 is 23.2 Å². The van der Waals surface area contributed by atoms with Gasteiger partial charge in [-0.25, -0.2) is 15.0 Å². The number of nitrogens with zero attached hydrogens (tertiary/aromatic N) is 5. The number of carbonyl (C=O) groups excluding carboxylic acids is 1. The minimum Gasteiger partial charge on any atom is -0.319 e. The number of rotatable bonds is 7. The predicted octanol–water partition coefficient (Wildman–Crippen LogP) is 3.50. The van der Waals surface area contributed by atoms with Gasteiger partial charge in [-0.2, -0.15) is 0 Å². The number of carbonyl (C=O) groups is 1. The molecule has 31 heavy (non-hydrogen) atoms. The van der Waals surface area contributed by atoms with Crippen molar-refractivity contribution in [3.8, 4) is 0 Å². The molecule has 0 aliphatic rings. The topological polar surface area (TPSA) is 178 Å². The molecule has 0 fully saturated rings. The zero-order valence-electron chi connectivity index (χ0n) is 15.1.